The van der Waals surface area contributed by atoms with E-state index in [1.165, 1.54) is 12.1 Å². The highest BCUT2D eigenvalue weighted by atomic mass is 32.2. The number of hydrogen-bond donors (Lipinski definition) is 1. The van der Waals surface area contributed by atoms with Crippen molar-refractivity contribution < 1.29 is 22.7 Å². The predicted octanol–water partition coefficient (Wildman–Crippen LogP) is 2.19. The Kier molecular flexibility index (Phi) is 7.87. The van der Waals surface area contributed by atoms with Gasteiger partial charge < -0.3 is 14.5 Å². The molecule has 1 aliphatic heterocycles. The van der Waals surface area contributed by atoms with Crippen molar-refractivity contribution in [2.75, 3.05) is 32.8 Å². The van der Waals surface area contributed by atoms with Gasteiger partial charge >= 0.3 is 6.09 Å². The Labute approximate surface area is 189 Å². The molecule has 3 rings (SSSR count). The second kappa shape index (κ2) is 10.6. The molecule has 1 saturated heterocycles. The van der Waals surface area contributed by atoms with Crippen molar-refractivity contribution in [3.8, 4) is 0 Å². The topological polar surface area (TPSA) is 96.0 Å². The molecule has 1 atom stereocenters. The summed E-state index contributed by atoms with van der Waals surface area (Å²) in [6.45, 7) is 5.22. The van der Waals surface area contributed by atoms with Crippen molar-refractivity contribution >= 4 is 22.0 Å². The third-order valence-corrected chi connectivity index (χ3v) is 6.81. The Morgan fingerprint density at radius 2 is 1.56 bits per heavy atom. The lowest BCUT2D eigenvalue weighted by atomic mass is 10.1. The van der Waals surface area contributed by atoms with Crippen LogP contribution in [0.2, 0.25) is 0 Å². The molecule has 0 aliphatic carbocycles. The average molecular weight is 460 g/mol. The molecule has 2 amide bonds. The zero-order valence-electron chi connectivity index (χ0n) is 18.4. The van der Waals surface area contributed by atoms with E-state index in [0.29, 0.717) is 26.2 Å². The summed E-state index contributed by atoms with van der Waals surface area (Å²) < 4.78 is 33.6. The average Bonchev–Trinajstić information content (AvgIpc) is 2.79. The monoisotopic (exact) mass is 459 g/mol. The molecule has 0 saturated carbocycles. The summed E-state index contributed by atoms with van der Waals surface area (Å²) in [6, 6.07) is 14.8. The van der Waals surface area contributed by atoms with Gasteiger partial charge in [-0.1, -0.05) is 48.0 Å². The number of carbonyl (C=O) groups excluding carboxylic acids is 2. The highest BCUT2D eigenvalue weighted by molar-refractivity contribution is 7.89. The van der Waals surface area contributed by atoms with Crippen molar-refractivity contribution in [2.24, 2.45) is 0 Å². The molecule has 1 fully saturated rings. The van der Waals surface area contributed by atoms with E-state index in [2.05, 4.69) is 4.72 Å². The molecule has 0 radical (unpaired) electrons. The van der Waals surface area contributed by atoms with Gasteiger partial charge in [0.25, 0.3) is 0 Å². The van der Waals surface area contributed by atoms with Gasteiger partial charge in [-0.15, -0.1) is 0 Å². The Bertz CT molecular complexity index is 1020. The smallest absolute Gasteiger partial charge is 0.409 e. The van der Waals surface area contributed by atoms with Crippen LogP contribution in [0.1, 0.15) is 18.1 Å². The van der Waals surface area contributed by atoms with Gasteiger partial charge in [0, 0.05) is 26.2 Å². The maximum atomic E-state index is 13.3. The summed E-state index contributed by atoms with van der Waals surface area (Å²) in [4.78, 5) is 28.5. The molecule has 8 nitrogen and oxygen atoms in total. The molecule has 0 bridgehead atoms. The zero-order valence-corrected chi connectivity index (χ0v) is 19.2. The van der Waals surface area contributed by atoms with Crippen LogP contribution < -0.4 is 4.72 Å². The van der Waals surface area contributed by atoms with Crippen LogP contribution in [0, 0.1) is 6.92 Å². The van der Waals surface area contributed by atoms with E-state index in [1.54, 1.807) is 28.9 Å². The Balaban J connectivity index is 1.76. The molecule has 172 valence electrons. The molecule has 0 spiro atoms. The maximum absolute atomic E-state index is 13.3. The van der Waals surface area contributed by atoms with Crippen molar-refractivity contribution in [3.63, 3.8) is 0 Å². The number of ether oxygens (including phenoxy) is 1. The maximum Gasteiger partial charge on any atom is 0.409 e. The van der Waals surface area contributed by atoms with Gasteiger partial charge in [0.2, 0.25) is 15.9 Å². The lowest BCUT2D eigenvalue weighted by molar-refractivity contribution is -0.134. The second-order valence-electron chi connectivity index (χ2n) is 7.69. The number of sulfonamides is 1. The molecule has 2 aromatic carbocycles. The number of hydrogen-bond acceptors (Lipinski definition) is 5. The van der Waals surface area contributed by atoms with E-state index in [0.717, 1.165) is 11.1 Å². The number of amides is 2. The fourth-order valence-electron chi connectivity index (χ4n) is 3.55. The number of rotatable bonds is 7. The highest BCUT2D eigenvalue weighted by Crippen LogP contribution is 2.15. The summed E-state index contributed by atoms with van der Waals surface area (Å²) in [7, 11) is -3.89. The first-order chi connectivity index (χ1) is 15.3. The molecule has 1 N–H and O–H groups in total. The molecule has 1 heterocycles. The number of carbonyl (C=O) groups is 2. The van der Waals surface area contributed by atoms with Crippen LogP contribution in [0.5, 0.6) is 0 Å². The van der Waals surface area contributed by atoms with Crippen molar-refractivity contribution in [3.05, 3.63) is 65.7 Å². The van der Waals surface area contributed by atoms with E-state index in [9.17, 15) is 18.0 Å². The van der Waals surface area contributed by atoms with Gasteiger partial charge in [0.05, 0.1) is 11.5 Å². The van der Waals surface area contributed by atoms with Gasteiger partial charge in [0.1, 0.15) is 6.04 Å². The standard InChI is InChI=1S/C23H29N3O5S/c1-3-31-23(28)26-15-13-25(14-16-26)22(27)21(17-19-7-5-4-6-8-19)24-32(29,30)20-11-9-18(2)10-12-20/h4-12,21,24H,3,13-17H2,1-2H3/t21-/m0/s1. The van der Waals surface area contributed by atoms with Crippen LogP contribution in [0.15, 0.2) is 59.5 Å². The molecular weight excluding hydrogens is 430 g/mol. The van der Waals surface area contributed by atoms with Crippen LogP contribution in [0.3, 0.4) is 0 Å². The first-order valence-corrected chi connectivity index (χ1v) is 12.1. The number of nitrogens with one attached hydrogen (secondary N) is 1. The van der Waals surface area contributed by atoms with Gasteiger partial charge in [-0.2, -0.15) is 4.72 Å². The molecule has 0 unspecified atom stereocenters. The van der Waals surface area contributed by atoms with Crippen molar-refractivity contribution in [2.45, 2.75) is 31.2 Å². The van der Waals surface area contributed by atoms with E-state index in [-0.39, 0.29) is 23.8 Å². The predicted molar refractivity (Wildman–Crippen MR) is 121 cm³/mol. The molecule has 1 aliphatic rings. The van der Waals surface area contributed by atoms with E-state index in [1.807, 2.05) is 37.3 Å². The van der Waals surface area contributed by atoms with E-state index in [4.69, 9.17) is 4.74 Å². The summed E-state index contributed by atoms with van der Waals surface area (Å²) in [6.07, 6.45) is -0.177. The lowest BCUT2D eigenvalue weighted by Crippen LogP contribution is -2.56. The Morgan fingerprint density at radius 3 is 2.16 bits per heavy atom. The Morgan fingerprint density at radius 1 is 0.969 bits per heavy atom. The SMILES string of the molecule is CCOC(=O)N1CCN(C(=O)[C@H](Cc2ccccc2)NS(=O)(=O)c2ccc(C)cc2)CC1. The molecule has 2 aromatic rings. The molecule has 0 aromatic heterocycles. The molecule has 32 heavy (non-hydrogen) atoms. The highest BCUT2D eigenvalue weighted by Gasteiger charge is 2.32. The third-order valence-electron chi connectivity index (χ3n) is 5.33. The number of aryl methyl sites for hydroxylation is 1. The number of benzene rings is 2. The fourth-order valence-corrected chi connectivity index (χ4v) is 4.74. The van der Waals surface area contributed by atoms with Gasteiger partial charge in [0.15, 0.2) is 0 Å². The normalized spacial score (nSPS) is 15.3. The second-order valence-corrected chi connectivity index (χ2v) is 9.40. The fraction of sp³-hybridized carbons (Fsp3) is 0.391. The minimum absolute atomic E-state index is 0.112. The van der Waals surface area contributed by atoms with Gasteiger partial charge in [-0.05, 0) is 38.0 Å². The summed E-state index contributed by atoms with van der Waals surface area (Å²) in [5, 5.41) is 0. The first kappa shape index (κ1) is 23.7. The third kappa shape index (κ3) is 6.08. The summed E-state index contributed by atoms with van der Waals surface area (Å²) in [5.74, 6) is -0.312. The van der Waals surface area contributed by atoms with Gasteiger partial charge in [-0.3, -0.25) is 4.79 Å². The van der Waals surface area contributed by atoms with Crippen LogP contribution >= 0.6 is 0 Å². The zero-order chi connectivity index (χ0) is 23.1. The van der Waals surface area contributed by atoms with Crippen LogP contribution in [-0.2, 0) is 26.0 Å². The van der Waals surface area contributed by atoms with Crippen LogP contribution in [-0.4, -0.2) is 69.0 Å². The van der Waals surface area contributed by atoms with Crippen LogP contribution in [0.25, 0.3) is 0 Å². The quantitative estimate of drug-likeness (QED) is 0.685. The molecule has 9 heteroatoms. The Hall–Kier alpha value is -2.91. The largest absolute Gasteiger partial charge is 0.450 e. The number of nitrogens with zero attached hydrogens (tertiary/aromatic N) is 2. The van der Waals surface area contributed by atoms with Crippen molar-refractivity contribution in [1.29, 1.82) is 0 Å². The summed E-state index contributed by atoms with van der Waals surface area (Å²) >= 11 is 0. The summed E-state index contributed by atoms with van der Waals surface area (Å²) in [5.41, 5.74) is 1.79. The number of piperazine rings is 1. The minimum Gasteiger partial charge on any atom is -0.450 e. The van der Waals surface area contributed by atoms with Crippen LogP contribution in [0.4, 0.5) is 4.79 Å². The lowest BCUT2D eigenvalue weighted by Gasteiger charge is -2.36. The van der Waals surface area contributed by atoms with Crippen molar-refractivity contribution in [1.82, 2.24) is 14.5 Å². The first-order valence-electron chi connectivity index (χ1n) is 10.6. The van der Waals surface area contributed by atoms with Gasteiger partial charge in [-0.25, -0.2) is 13.2 Å². The minimum atomic E-state index is -3.89. The van der Waals surface area contributed by atoms with E-state index >= 15 is 0 Å². The van der Waals surface area contributed by atoms with E-state index < -0.39 is 22.2 Å². The molecular formula is C23H29N3O5S.